The van der Waals surface area contributed by atoms with Crippen molar-refractivity contribution in [2.75, 3.05) is 0 Å². The van der Waals surface area contributed by atoms with E-state index in [0.29, 0.717) is 0 Å². The van der Waals surface area contributed by atoms with E-state index in [1.54, 1.807) is 0 Å². The molecule has 5 heteroatoms. The number of carbonyl (C=O) groups is 2. The summed E-state index contributed by atoms with van der Waals surface area (Å²) >= 11 is 0. The third-order valence-corrected chi connectivity index (χ3v) is 2.03. The minimum atomic E-state index is -0.740. The Balaban J connectivity index is 0. The first-order valence-corrected chi connectivity index (χ1v) is 5.06. The Labute approximate surface area is 112 Å². The number of hydrogen-bond donors (Lipinski definition) is 2. The van der Waals surface area contributed by atoms with Crippen LogP contribution in [0, 0.1) is 0 Å². The first kappa shape index (κ1) is 17.3. The molecule has 0 saturated carbocycles. The maximum absolute atomic E-state index is 10.1. The van der Waals surface area contributed by atoms with Crippen molar-refractivity contribution in [1.82, 2.24) is 0 Å². The van der Waals surface area contributed by atoms with Crippen LogP contribution in [0.3, 0.4) is 0 Å². The van der Waals surface area contributed by atoms with Gasteiger partial charge in [0, 0.05) is 12.8 Å². The third kappa shape index (κ3) is 16.6. The molecule has 0 aromatic rings. The van der Waals surface area contributed by atoms with Crippen LogP contribution in [-0.2, 0) is 9.59 Å². The van der Waals surface area contributed by atoms with Crippen molar-refractivity contribution in [2.24, 2.45) is 0 Å². The van der Waals surface area contributed by atoms with E-state index in [2.05, 4.69) is 0 Å². The normalized spacial score (nSPS) is 9.33. The molecule has 2 N–H and O–H groups in total. The van der Waals surface area contributed by atoms with E-state index >= 15 is 0 Å². The van der Waals surface area contributed by atoms with E-state index in [1.165, 1.54) is 0 Å². The predicted octanol–water partition coefficient (Wildman–Crippen LogP) is 1.63. The zero-order valence-corrected chi connectivity index (χ0v) is 8.37. The van der Waals surface area contributed by atoms with Crippen LogP contribution in [0.15, 0.2) is 0 Å². The molecule has 0 bridgehead atoms. The van der Waals surface area contributed by atoms with Gasteiger partial charge in [-0.25, -0.2) is 0 Å². The summed E-state index contributed by atoms with van der Waals surface area (Å²) in [6, 6.07) is 0. The number of carboxylic acid groups (broad SMARTS) is 2. The Kier molecular flexibility index (Phi) is 13.9. The molecule has 0 atom stereocenters. The third-order valence-electron chi connectivity index (χ3n) is 2.03. The molecule has 0 rings (SSSR count). The molecule has 0 amide bonds. The molecule has 84 valence electrons. The zero-order chi connectivity index (χ0) is 10.8. The van der Waals surface area contributed by atoms with Gasteiger partial charge in [0.05, 0.1) is 0 Å². The molecular formula is C10H19NaO4. The Hall–Kier alpha value is -0.0600. The molecule has 0 aromatic carbocycles. The summed E-state index contributed by atoms with van der Waals surface area (Å²) < 4.78 is 0. The molecule has 0 fully saturated rings. The van der Waals surface area contributed by atoms with Gasteiger partial charge in [0.1, 0.15) is 0 Å². The predicted molar refractivity (Wildman–Crippen MR) is 59.4 cm³/mol. The summed E-state index contributed by atoms with van der Waals surface area (Å²) in [5, 5.41) is 16.7. The Morgan fingerprint density at radius 2 is 0.933 bits per heavy atom. The van der Waals surface area contributed by atoms with Gasteiger partial charge in [0.25, 0.3) is 0 Å². The van der Waals surface area contributed by atoms with Crippen molar-refractivity contribution < 1.29 is 19.8 Å². The molecule has 0 saturated heterocycles. The molecule has 0 unspecified atom stereocenters. The fraction of sp³-hybridized carbons (Fsp3) is 0.800. The SMILES string of the molecule is O=C(O)CCCCCCCCC(=O)O.[NaH]. The maximum atomic E-state index is 10.1. The van der Waals surface area contributed by atoms with Gasteiger partial charge in [0.2, 0.25) is 0 Å². The van der Waals surface area contributed by atoms with Gasteiger partial charge in [-0.3, -0.25) is 9.59 Å². The molecule has 0 radical (unpaired) electrons. The summed E-state index contributed by atoms with van der Waals surface area (Å²) in [6.07, 6.45) is 5.82. The monoisotopic (exact) mass is 226 g/mol. The van der Waals surface area contributed by atoms with E-state index in [0.717, 1.165) is 38.5 Å². The van der Waals surface area contributed by atoms with Crippen molar-refractivity contribution >= 4 is 41.5 Å². The second-order valence-corrected chi connectivity index (χ2v) is 3.41. The van der Waals surface area contributed by atoms with Crippen LogP contribution in [0.2, 0.25) is 0 Å². The molecule has 0 spiro atoms. The fourth-order valence-electron chi connectivity index (χ4n) is 1.26. The summed E-state index contributed by atoms with van der Waals surface area (Å²) in [4.78, 5) is 20.3. The van der Waals surface area contributed by atoms with Crippen LogP contribution in [0.25, 0.3) is 0 Å². The van der Waals surface area contributed by atoms with E-state index < -0.39 is 11.9 Å². The van der Waals surface area contributed by atoms with Crippen LogP contribution in [-0.4, -0.2) is 51.7 Å². The molecular weight excluding hydrogens is 207 g/mol. The van der Waals surface area contributed by atoms with Gasteiger partial charge >= 0.3 is 41.5 Å². The first-order valence-electron chi connectivity index (χ1n) is 5.06. The average Bonchev–Trinajstić information content (AvgIpc) is 2.08. The number of rotatable bonds is 9. The Bertz CT molecular complexity index is 162. The van der Waals surface area contributed by atoms with Crippen LogP contribution >= 0.6 is 0 Å². The summed E-state index contributed by atoms with van der Waals surface area (Å²) in [6.45, 7) is 0. The second-order valence-electron chi connectivity index (χ2n) is 3.41. The standard InChI is InChI=1S/C10H18O4.Na.H/c11-9(12)7-5-3-1-2-4-6-8-10(13)14;;/h1-8H2,(H,11,12)(H,13,14);;. The number of unbranched alkanes of at least 4 members (excludes halogenated alkanes) is 5. The number of aliphatic carboxylic acids is 2. The van der Waals surface area contributed by atoms with Gasteiger partial charge in [0.15, 0.2) is 0 Å². The van der Waals surface area contributed by atoms with Gasteiger partial charge in [-0.05, 0) is 12.8 Å². The first-order chi connectivity index (χ1) is 6.63. The van der Waals surface area contributed by atoms with Crippen LogP contribution in [0.1, 0.15) is 51.4 Å². The van der Waals surface area contributed by atoms with E-state index in [1.807, 2.05) is 0 Å². The summed E-state index contributed by atoms with van der Waals surface area (Å²) in [5.41, 5.74) is 0. The molecule has 0 aromatic heterocycles. The molecule has 0 aliphatic rings. The molecule has 4 nitrogen and oxygen atoms in total. The second kappa shape index (κ2) is 12.0. The van der Waals surface area contributed by atoms with Gasteiger partial charge in [-0.1, -0.05) is 25.7 Å². The Morgan fingerprint density at radius 3 is 1.20 bits per heavy atom. The summed E-state index contributed by atoms with van der Waals surface area (Å²) in [7, 11) is 0. The van der Waals surface area contributed by atoms with E-state index in [-0.39, 0.29) is 42.4 Å². The fourth-order valence-corrected chi connectivity index (χ4v) is 1.26. The Morgan fingerprint density at radius 1 is 0.667 bits per heavy atom. The van der Waals surface area contributed by atoms with Gasteiger partial charge < -0.3 is 10.2 Å². The summed E-state index contributed by atoms with van der Waals surface area (Å²) in [5.74, 6) is -1.48. The van der Waals surface area contributed by atoms with Crippen molar-refractivity contribution in [3.8, 4) is 0 Å². The van der Waals surface area contributed by atoms with Crippen molar-refractivity contribution in [3.05, 3.63) is 0 Å². The molecule has 0 heterocycles. The van der Waals surface area contributed by atoms with Crippen molar-refractivity contribution in [2.45, 2.75) is 51.4 Å². The van der Waals surface area contributed by atoms with E-state index in [4.69, 9.17) is 10.2 Å². The quantitative estimate of drug-likeness (QED) is 0.463. The van der Waals surface area contributed by atoms with Crippen LogP contribution < -0.4 is 0 Å². The van der Waals surface area contributed by atoms with E-state index in [9.17, 15) is 9.59 Å². The number of hydrogen-bond acceptors (Lipinski definition) is 2. The van der Waals surface area contributed by atoms with Crippen molar-refractivity contribution in [3.63, 3.8) is 0 Å². The van der Waals surface area contributed by atoms with Gasteiger partial charge in [-0.15, -0.1) is 0 Å². The minimum absolute atomic E-state index is 0. The molecule has 0 aliphatic carbocycles. The topological polar surface area (TPSA) is 74.6 Å². The van der Waals surface area contributed by atoms with Crippen molar-refractivity contribution in [1.29, 1.82) is 0 Å². The molecule has 0 aliphatic heterocycles. The number of carboxylic acids is 2. The van der Waals surface area contributed by atoms with Gasteiger partial charge in [-0.2, -0.15) is 0 Å². The molecule has 15 heavy (non-hydrogen) atoms. The van der Waals surface area contributed by atoms with Crippen LogP contribution in [0.4, 0.5) is 0 Å². The average molecular weight is 226 g/mol. The zero-order valence-electron chi connectivity index (χ0n) is 8.37. The van der Waals surface area contributed by atoms with Crippen LogP contribution in [0.5, 0.6) is 0 Å².